The van der Waals surface area contributed by atoms with Crippen LogP contribution in [0.25, 0.3) is 0 Å². The van der Waals surface area contributed by atoms with Crippen LogP contribution in [0.2, 0.25) is 0 Å². The van der Waals surface area contributed by atoms with Crippen LogP contribution in [-0.2, 0) is 16.0 Å². The Morgan fingerprint density at radius 2 is 1.77 bits per heavy atom. The van der Waals surface area contributed by atoms with Crippen molar-refractivity contribution in [2.24, 2.45) is 0 Å². The molecule has 0 saturated carbocycles. The van der Waals surface area contributed by atoms with Gasteiger partial charge in [0.2, 0.25) is 5.91 Å². The van der Waals surface area contributed by atoms with Crippen molar-refractivity contribution < 1.29 is 19.1 Å². The van der Waals surface area contributed by atoms with E-state index in [2.05, 4.69) is 45.9 Å². The number of hydrazine groups is 1. The van der Waals surface area contributed by atoms with Gasteiger partial charge in [-0.3, -0.25) is 25.8 Å². The summed E-state index contributed by atoms with van der Waals surface area (Å²) in [7, 11) is 1.58. The lowest BCUT2D eigenvalue weighted by atomic mass is 10.0. The van der Waals surface area contributed by atoms with Crippen LogP contribution in [0.4, 0.5) is 0 Å². The minimum absolute atomic E-state index is 0.0206. The number of thiocarbonyl (C=S) groups is 1. The van der Waals surface area contributed by atoms with Gasteiger partial charge >= 0.3 is 0 Å². The monoisotopic (exact) mass is 507 g/mol. The average molecular weight is 508 g/mol. The summed E-state index contributed by atoms with van der Waals surface area (Å²) in [5.41, 5.74) is 7.79. The Morgan fingerprint density at radius 1 is 1.10 bits per heavy atom. The van der Waals surface area contributed by atoms with Crippen molar-refractivity contribution in [1.82, 2.24) is 16.2 Å². The fourth-order valence-corrected chi connectivity index (χ4v) is 3.21. The van der Waals surface area contributed by atoms with E-state index in [0.717, 1.165) is 21.2 Å². The van der Waals surface area contributed by atoms with Crippen LogP contribution >= 0.6 is 28.1 Å². The second-order valence-corrected chi connectivity index (χ2v) is 8.42. The molecule has 0 heterocycles. The highest BCUT2D eigenvalue weighted by Gasteiger charge is 2.13. The van der Waals surface area contributed by atoms with Gasteiger partial charge in [0.05, 0.1) is 13.5 Å². The van der Waals surface area contributed by atoms with Crippen molar-refractivity contribution in [1.29, 1.82) is 0 Å². The molecule has 0 aliphatic carbocycles. The van der Waals surface area contributed by atoms with Crippen molar-refractivity contribution in [3.8, 4) is 11.5 Å². The average Bonchev–Trinajstić information content (AvgIpc) is 2.73. The lowest BCUT2D eigenvalue weighted by molar-refractivity contribution is -0.122. The minimum Gasteiger partial charge on any atom is -0.497 e. The van der Waals surface area contributed by atoms with Crippen molar-refractivity contribution in [3.63, 3.8) is 0 Å². The predicted octanol–water partition coefficient (Wildman–Crippen LogP) is 3.53. The van der Waals surface area contributed by atoms with E-state index in [-0.39, 0.29) is 30.0 Å². The molecule has 0 atom stereocenters. The highest BCUT2D eigenvalue weighted by atomic mass is 79.9. The van der Waals surface area contributed by atoms with Gasteiger partial charge in [0.15, 0.2) is 11.7 Å². The second kappa shape index (κ2) is 11.7. The molecular formula is C22H26BrN3O4S. The summed E-state index contributed by atoms with van der Waals surface area (Å²) < 4.78 is 11.8. The molecule has 0 bridgehead atoms. The zero-order chi connectivity index (χ0) is 23.0. The van der Waals surface area contributed by atoms with Crippen molar-refractivity contribution >= 4 is 45.1 Å². The summed E-state index contributed by atoms with van der Waals surface area (Å²) >= 11 is 8.56. The van der Waals surface area contributed by atoms with E-state index in [0.29, 0.717) is 11.5 Å². The summed E-state index contributed by atoms with van der Waals surface area (Å²) in [6, 6.07) is 11.0. The van der Waals surface area contributed by atoms with E-state index in [9.17, 15) is 9.59 Å². The first-order valence-electron chi connectivity index (χ1n) is 9.64. The number of carbonyl (C=O) groups excluding carboxylic acids is 2. The van der Waals surface area contributed by atoms with Crippen molar-refractivity contribution in [2.45, 2.75) is 33.1 Å². The molecule has 3 N–H and O–H groups in total. The van der Waals surface area contributed by atoms with Gasteiger partial charge in [-0.05, 0) is 66.0 Å². The molecule has 7 nitrogen and oxygen atoms in total. The zero-order valence-corrected chi connectivity index (χ0v) is 20.3. The minimum atomic E-state index is -0.433. The smallest absolute Gasteiger partial charge is 0.264 e. The molecule has 0 saturated heterocycles. The molecule has 2 aromatic carbocycles. The number of amides is 2. The third-order valence-corrected chi connectivity index (χ3v) is 5.42. The summed E-state index contributed by atoms with van der Waals surface area (Å²) in [6.07, 6.45) is 0.150. The molecule has 9 heteroatoms. The maximum Gasteiger partial charge on any atom is 0.264 e. The number of benzene rings is 2. The van der Waals surface area contributed by atoms with Crippen molar-refractivity contribution in [2.75, 3.05) is 13.7 Å². The normalized spacial score (nSPS) is 10.4. The number of aryl methyl sites for hydroxylation is 1. The molecule has 0 aromatic heterocycles. The first kappa shape index (κ1) is 24.6. The first-order chi connectivity index (χ1) is 14.7. The van der Waals surface area contributed by atoms with Gasteiger partial charge < -0.3 is 9.47 Å². The highest BCUT2D eigenvalue weighted by Crippen LogP contribution is 2.32. The van der Waals surface area contributed by atoms with E-state index < -0.39 is 5.91 Å². The van der Waals surface area contributed by atoms with Crippen LogP contribution in [0.3, 0.4) is 0 Å². The topological polar surface area (TPSA) is 88.7 Å². The van der Waals surface area contributed by atoms with E-state index in [1.807, 2.05) is 19.1 Å². The molecule has 0 unspecified atom stereocenters. The van der Waals surface area contributed by atoms with Gasteiger partial charge in [-0.25, -0.2) is 0 Å². The fraction of sp³-hybridized carbons (Fsp3) is 0.318. The quantitative estimate of drug-likeness (QED) is 0.392. The molecule has 0 aliphatic heterocycles. The number of methoxy groups -OCH3 is 1. The van der Waals surface area contributed by atoms with Crippen LogP contribution in [-0.4, -0.2) is 30.6 Å². The fourth-order valence-electron chi connectivity index (χ4n) is 2.68. The van der Waals surface area contributed by atoms with Gasteiger partial charge in [-0.15, -0.1) is 0 Å². The van der Waals surface area contributed by atoms with E-state index >= 15 is 0 Å². The number of halogens is 1. The van der Waals surface area contributed by atoms with Crippen LogP contribution < -0.4 is 25.6 Å². The largest absolute Gasteiger partial charge is 0.497 e. The van der Waals surface area contributed by atoms with Crippen LogP contribution in [0.15, 0.2) is 40.9 Å². The molecule has 0 aliphatic rings. The number of ether oxygens (including phenoxy) is 2. The summed E-state index contributed by atoms with van der Waals surface area (Å²) in [6.45, 7) is 5.85. The Labute approximate surface area is 196 Å². The maximum absolute atomic E-state index is 12.2. The van der Waals surface area contributed by atoms with Gasteiger partial charge in [-0.2, -0.15) is 0 Å². The Bertz CT molecular complexity index is 949. The van der Waals surface area contributed by atoms with Crippen molar-refractivity contribution in [3.05, 3.63) is 57.6 Å². The van der Waals surface area contributed by atoms with E-state index in [1.54, 1.807) is 31.4 Å². The molecule has 0 radical (unpaired) electrons. The third kappa shape index (κ3) is 7.84. The zero-order valence-electron chi connectivity index (χ0n) is 17.9. The van der Waals surface area contributed by atoms with E-state index in [4.69, 9.17) is 21.7 Å². The Kier molecular flexibility index (Phi) is 9.26. The van der Waals surface area contributed by atoms with Crippen LogP contribution in [0.1, 0.15) is 36.5 Å². The SMILES string of the molecule is COc1ccc(CC(=O)NNC(=S)NC(=O)COc2cc(C)c(Br)cc2C(C)C)cc1. The molecule has 0 fully saturated rings. The van der Waals surface area contributed by atoms with Gasteiger partial charge in [-0.1, -0.05) is 41.9 Å². The molecular weight excluding hydrogens is 482 g/mol. The Morgan fingerprint density at radius 3 is 2.39 bits per heavy atom. The number of hydrogen-bond donors (Lipinski definition) is 3. The Hall–Kier alpha value is -2.65. The Balaban J connectivity index is 1.79. The van der Waals surface area contributed by atoms with Crippen LogP contribution in [0.5, 0.6) is 11.5 Å². The molecule has 2 amide bonds. The lowest BCUT2D eigenvalue weighted by Gasteiger charge is -2.16. The maximum atomic E-state index is 12.2. The molecule has 2 rings (SSSR count). The number of carbonyl (C=O) groups is 2. The number of rotatable bonds is 7. The van der Waals surface area contributed by atoms with Crippen LogP contribution in [0, 0.1) is 6.92 Å². The second-order valence-electron chi connectivity index (χ2n) is 7.16. The van der Waals surface area contributed by atoms with Gasteiger partial charge in [0.25, 0.3) is 5.91 Å². The summed E-state index contributed by atoms with van der Waals surface area (Å²) in [5, 5.41) is 2.45. The molecule has 0 spiro atoms. The highest BCUT2D eigenvalue weighted by molar-refractivity contribution is 9.10. The summed E-state index contributed by atoms with van der Waals surface area (Å²) in [4.78, 5) is 24.2. The van der Waals surface area contributed by atoms with Gasteiger partial charge in [0, 0.05) is 4.47 Å². The predicted molar refractivity (Wildman–Crippen MR) is 127 cm³/mol. The lowest BCUT2D eigenvalue weighted by Crippen LogP contribution is -2.49. The first-order valence-corrected chi connectivity index (χ1v) is 10.8. The van der Waals surface area contributed by atoms with E-state index in [1.165, 1.54) is 0 Å². The third-order valence-electron chi connectivity index (χ3n) is 4.36. The molecule has 31 heavy (non-hydrogen) atoms. The molecule has 166 valence electrons. The van der Waals surface area contributed by atoms with Gasteiger partial charge in [0.1, 0.15) is 11.5 Å². The molecule has 2 aromatic rings. The number of nitrogens with one attached hydrogen (secondary N) is 3. The standard InChI is InChI=1S/C22H26BrN3O4S/c1-13(2)17-11-18(23)14(3)9-19(17)30-12-21(28)24-22(31)26-25-20(27)10-15-5-7-16(29-4)8-6-15/h5-9,11,13H,10,12H2,1-4H3,(H,25,27)(H2,24,26,28,31). The summed E-state index contributed by atoms with van der Waals surface area (Å²) in [5.74, 6) is 0.866. The number of hydrogen-bond acceptors (Lipinski definition) is 5.